The summed E-state index contributed by atoms with van der Waals surface area (Å²) in [7, 11) is 0. The molecule has 0 spiro atoms. The molecule has 2 atom stereocenters. The summed E-state index contributed by atoms with van der Waals surface area (Å²) in [6.45, 7) is 2.04. The zero-order chi connectivity index (χ0) is 22.7. The third kappa shape index (κ3) is 5.12. The molecule has 2 aliphatic rings. The van der Waals surface area contributed by atoms with Crippen LogP contribution in [0.5, 0.6) is 0 Å². The fraction of sp³-hybridized carbons (Fsp3) is 0.571. The smallest absolute Gasteiger partial charge is 0.358 e. The predicted octanol–water partition coefficient (Wildman–Crippen LogP) is 3.87. The van der Waals surface area contributed by atoms with Crippen LogP contribution in [0.4, 0.5) is 35.0 Å². The highest BCUT2D eigenvalue weighted by atomic mass is 19.4. The minimum absolute atomic E-state index is 0.0517. The molecule has 1 saturated carbocycles. The number of aromatic nitrogens is 4. The van der Waals surface area contributed by atoms with Crippen LogP contribution in [-0.2, 0) is 6.18 Å². The largest absolute Gasteiger partial charge is 0.421 e. The van der Waals surface area contributed by atoms with Crippen LogP contribution in [0.1, 0.15) is 37.3 Å². The van der Waals surface area contributed by atoms with E-state index >= 15 is 0 Å². The third-order valence-corrected chi connectivity index (χ3v) is 5.98. The van der Waals surface area contributed by atoms with Gasteiger partial charge in [0.1, 0.15) is 17.6 Å². The Kier molecular flexibility index (Phi) is 6.50. The molecule has 0 radical (unpaired) electrons. The van der Waals surface area contributed by atoms with Gasteiger partial charge >= 0.3 is 6.18 Å². The summed E-state index contributed by atoms with van der Waals surface area (Å²) in [5, 5.41) is 9.53. The molecule has 1 aliphatic carbocycles. The Bertz CT molecular complexity index is 964. The van der Waals surface area contributed by atoms with Crippen LogP contribution in [0, 0.1) is 18.3 Å². The monoisotopic (exact) mass is 451 g/mol. The van der Waals surface area contributed by atoms with Crippen LogP contribution in [0.25, 0.3) is 0 Å². The van der Waals surface area contributed by atoms with Crippen LogP contribution in [0.15, 0.2) is 18.6 Å². The second-order valence-electron chi connectivity index (χ2n) is 8.27. The lowest BCUT2D eigenvalue weighted by atomic mass is 9.84. The van der Waals surface area contributed by atoms with Crippen molar-refractivity contribution in [3.8, 4) is 12.3 Å². The average Bonchev–Trinajstić information content (AvgIpc) is 3.16. The topological polar surface area (TPSA) is 70.9 Å². The standard InChI is InChI=1S/C21H25F4N7/c1-2-7-26-19-16(21(23,24)25)10-27-20(30-19)29-15-9-28-32(12-15)18-6-8-31(13-17(18)22)11-14-4-3-5-14/h1,9-10,12,14,17-18H,3-8,11,13H2,(H2,26,27,29,30)/t17-,18-/m1/s1. The Hall–Kier alpha value is -2.87. The van der Waals surface area contributed by atoms with Gasteiger partial charge < -0.3 is 15.5 Å². The molecule has 0 aromatic carbocycles. The molecule has 1 aliphatic heterocycles. The first-order chi connectivity index (χ1) is 15.3. The van der Waals surface area contributed by atoms with Crippen LogP contribution in [0.2, 0.25) is 0 Å². The number of nitrogens with zero attached hydrogens (tertiary/aromatic N) is 5. The summed E-state index contributed by atoms with van der Waals surface area (Å²) in [4.78, 5) is 9.83. The lowest BCUT2D eigenvalue weighted by Crippen LogP contribution is -2.45. The number of alkyl halides is 4. The number of piperidine rings is 1. The second kappa shape index (κ2) is 9.32. The fourth-order valence-corrected chi connectivity index (χ4v) is 4.09. The Morgan fingerprint density at radius 2 is 2.03 bits per heavy atom. The Morgan fingerprint density at radius 1 is 1.22 bits per heavy atom. The predicted molar refractivity (Wildman–Crippen MR) is 112 cm³/mol. The first-order valence-corrected chi connectivity index (χ1v) is 10.6. The SMILES string of the molecule is C#CCNc1nc(Nc2cnn([C@@H]3CCN(CC4CCC4)C[C@H]3F)c2)ncc1C(F)(F)F. The number of anilines is 3. The minimum Gasteiger partial charge on any atom is -0.358 e. The quantitative estimate of drug-likeness (QED) is 0.492. The zero-order valence-corrected chi connectivity index (χ0v) is 17.4. The first kappa shape index (κ1) is 22.3. The molecule has 0 bridgehead atoms. The number of hydrogen-bond donors (Lipinski definition) is 2. The van der Waals surface area contributed by atoms with Crippen molar-refractivity contribution in [2.24, 2.45) is 5.92 Å². The van der Waals surface area contributed by atoms with E-state index in [1.807, 2.05) is 0 Å². The van der Waals surface area contributed by atoms with E-state index in [0.717, 1.165) is 13.1 Å². The van der Waals surface area contributed by atoms with Gasteiger partial charge in [-0.2, -0.15) is 23.3 Å². The van der Waals surface area contributed by atoms with Gasteiger partial charge in [0.05, 0.1) is 24.5 Å². The molecule has 4 rings (SSSR count). The summed E-state index contributed by atoms with van der Waals surface area (Å²) in [6.07, 6.45) is 7.63. The highest BCUT2D eigenvalue weighted by Crippen LogP contribution is 2.34. The van der Waals surface area contributed by atoms with Crippen molar-refractivity contribution in [1.82, 2.24) is 24.6 Å². The highest BCUT2D eigenvalue weighted by Gasteiger charge is 2.35. The van der Waals surface area contributed by atoms with E-state index < -0.39 is 23.7 Å². The Morgan fingerprint density at radius 3 is 2.69 bits per heavy atom. The van der Waals surface area contributed by atoms with E-state index in [1.54, 1.807) is 10.9 Å². The number of likely N-dealkylation sites (tertiary alicyclic amines) is 1. The van der Waals surface area contributed by atoms with Crippen LogP contribution in [0.3, 0.4) is 0 Å². The number of hydrogen-bond acceptors (Lipinski definition) is 6. The molecule has 2 aromatic heterocycles. The average molecular weight is 451 g/mol. The molecule has 172 valence electrons. The molecule has 2 N–H and O–H groups in total. The molecule has 0 unspecified atom stereocenters. The molecule has 32 heavy (non-hydrogen) atoms. The van der Waals surface area contributed by atoms with E-state index in [-0.39, 0.29) is 18.5 Å². The van der Waals surface area contributed by atoms with Gasteiger partial charge in [-0.1, -0.05) is 12.3 Å². The minimum atomic E-state index is -4.62. The molecule has 7 nitrogen and oxygen atoms in total. The lowest BCUT2D eigenvalue weighted by Gasteiger charge is -2.38. The molecule has 3 heterocycles. The van der Waals surface area contributed by atoms with Gasteiger partial charge in [-0.05, 0) is 25.2 Å². The number of halogens is 4. The van der Waals surface area contributed by atoms with Crippen LogP contribution in [-0.4, -0.2) is 57.0 Å². The Labute approximate surface area is 183 Å². The van der Waals surface area contributed by atoms with Crippen molar-refractivity contribution in [1.29, 1.82) is 0 Å². The van der Waals surface area contributed by atoms with E-state index in [0.29, 0.717) is 30.8 Å². The molecule has 1 saturated heterocycles. The fourth-order valence-electron chi connectivity index (χ4n) is 4.09. The molecule has 2 fully saturated rings. The molecule has 0 amide bonds. The molecule has 11 heteroatoms. The van der Waals surface area contributed by atoms with E-state index in [1.165, 1.54) is 25.5 Å². The zero-order valence-electron chi connectivity index (χ0n) is 17.4. The second-order valence-corrected chi connectivity index (χ2v) is 8.27. The number of terminal acetylenes is 1. The van der Waals surface area contributed by atoms with Gasteiger partial charge in [0.25, 0.3) is 0 Å². The summed E-state index contributed by atoms with van der Waals surface area (Å²) in [5.41, 5.74) is -0.556. The van der Waals surface area contributed by atoms with Gasteiger partial charge in [-0.3, -0.25) is 4.68 Å². The van der Waals surface area contributed by atoms with Crippen LogP contribution >= 0.6 is 0 Å². The maximum absolute atomic E-state index is 14.8. The summed E-state index contributed by atoms with van der Waals surface area (Å²) < 4.78 is 55.9. The first-order valence-electron chi connectivity index (χ1n) is 10.6. The van der Waals surface area contributed by atoms with E-state index in [9.17, 15) is 17.6 Å². The summed E-state index contributed by atoms with van der Waals surface area (Å²) >= 11 is 0. The van der Waals surface area contributed by atoms with Crippen molar-refractivity contribution < 1.29 is 17.6 Å². The van der Waals surface area contributed by atoms with E-state index in [2.05, 4.69) is 36.5 Å². The maximum Gasteiger partial charge on any atom is 0.421 e. The number of nitrogens with one attached hydrogen (secondary N) is 2. The third-order valence-electron chi connectivity index (χ3n) is 5.98. The van der Waals surface area contributed by atoms with Crippen molar-refractivity contribution in [3.63, 3.8) is 0 Å². The van der Waals surface area contributed by atoms with Gasteiger partial charge in [0.2, 0.25) is 5.95 Å². The van der Waals surface area contributed by atoms with Crippen molar-refractivity contribution >= 4 is 17.5 Å². The lowest BCUT2D eigenvalue weighted by molar-refractivity contribution is -0.137. The molecular weight excluding hydrogens is 426 g/mol. The van der Waals surface area contributed by atoms with E-state index in [4.69, 9.17) is 6.42 Å². The number of rotatable bonds is 7. The summed E-state index contributed by atoms with van der Waals surface area (Å²) in [5.74, 6) is 2.45. The van der Waals surface area contributed by atoms with Gasteiger partial charge in [-0.15, -0.1) is 6.42 Å². The normalized spacial score (nSPS) is 22.2. The van der Waals surface area contributed by atoms with Gasteiger partial charge in [-0.25, -0.2) is 9.37 Å². The molecule has 2 aromatic rings. The van der Waals surface area contributed by atoms with Crippen molar-refractivity contribution in [3.05, 3.63) is 24.2 Å². The molecular formula is C21H25F4N7. The van der Waals surface area contributed by atoms with Crippen molar-refractivity contribution in [2.45, 2.75) is 44.1 Å². The highest BCUT2D eigenvalue weighted by molar-refractivity contribution is 5.55. The van der Waals surface area contributed by atoms with Gasteiger partial charge in [0.15, 0.2) is 0 Å². The summed E-state index contributed by atoms with van der Waals surface area (Å²) in [6, 6.07) is -0.385. The van der Waals surface area contributed by atoms with Crippen LogP contribution < -0.4 is 10.6 Å². The Balaban J connectivity index is 1.41. The van der Waals surface area contributed by atoms with Gasteiger partial charge in [0, 0.05) is 32.0 Å². The van der Waals surface area contributed by atoms with Crippen molar-refractivity contribution in [2.75, 3.05) is 36.8 Å². The maximum atomic E-state index is 14.8.